The Balaban J connectivity index is 1.75. The number of hydrogen-bond acceptors (Lipinski definition) is 7. The van der Waals surface area contributed by atoms with E-state index < -0.39 is 11.9 Å². The van der Waals surface area contributed by atoms with Gasteiger partial charge in [0.05, 0.1) is 23.7 Å². The molecule has 3 rings (SSSR count). The molecule has 6 N–H and O–H groups in total. The number of thiazole rings is 1. The average Bonchev–Trinajstić information content (AvgIpc) is 3.27. The first-order valence-electron chi connectivity index (χ1n) is 7.63. The Morgan fingerprint density at radius 2 is 2.12 bits per heavy atom. The van der Waals surface area contributed by atoms with Crippen molar-refractivity contribution >= 4 is 28.8 Å². The number of aliphatic hydroxyl groups excluding tert-OH is 1. The van der Waals surface area contributed by atoms with Gasteiger partial charge in [0.15, 0.2) is 0 Å². The molecule has 0 saturated carbocycles. The summed E-state index contributed by atoms with van der Waals surface area (Å²) in [5.74, 6) is -0.134. The number of nitrogens with one attached hydrogen (secondary N) is 2. The van der Waals surface area contributed by atoms with Crippen LogP contribution in [0.2, 0.25) is 5.02 Å². The standard InChI is InChI=1S/C16H16ClN5O3S/c17-9-3-1-8(2-4-9)13-19-6-11(20-13)14(24)21-10(5-18)16-22-15(25)12(7-23)26-16/h1-4,6,10,23,25H,5,7,18H2,(H,19,20)(H,21,24). The van der Waals surface area contributed by atoms with Crippen LogP contribution in [-0.2, 0) is 6.61 Å². The van der Waals surface area contributed by atoms with Gasteiger partial charge in [-0.15, -0.1) is 11.3 Å². The zero-order valence-electron chi connectivity index (χ0n) is 13.4. The molecule has 1 atom stereocenters. The Bertz CT molecular complexity index is 909. The quantitative estimate of drug-likeness (QED) is 0.433. The predicted molar refractivity (Wildman–Crippen MR) is 98.0 cm³/mol. The Kier molecular flexibility index (Phi) is 5.52. The molecular weight excluding hydrogens is 378 g/mol. The highest BCUT2D eigenvalue weighted by molar-refractivity contribution is 7.12. The van der Waals surface area contributed by atoms with Crippen molar-refractivity contribution in [1.29, 1.82) is 0 Å². The Morgan fingerprint density at radius 1 is 1.38 bits per heavy atom. The van der Waals surface area contributed by atoms with Gasteiger partial charge < -0.3 is 26.2 Å². The molecule has 0 spiro atoms. The molecule has 1 unspecified atom stereocenters. The SMILES string of the molecule is NCC(NC(=O)c1cnc(-c2ccc(Cl)cc2)[nH]1)c1nc(O)c(CO)s1. The van der Waals surface area contributed by atoms with E-state index in [1.54, 1.807) is 24.3 Å². The second-order valence-corrected chi connectivity index (χ2v) is 6.92. The molecule has 2 aromatic heterocycles. The number of benzene rings is 1. The fraction of sp³-hybridized carbons (Fsp3) is 0.188. The lowest BCUT2D eigenvalue weighted by Gasteiger charge is -2.13. The summed E-state index contributed by atoms with van der Waals surface area (Å²) in [5.41, 5.74) is 6.77. The second kappa shape index (κ2) is 7.83. The summed E-state index contributed by atoms with van der Waals surface area (Å²) in [5, 5.41) is 22.5. The molecule has 0 aliphatic rings. The first kappa shape index (κ1) is 18.3. The molecule has 0 aliphatic carbocycles. The Labute approximate surface area is 157 Å². The lowest BCUT2D eigenvalue weighted by atomic mass is 10.2. The van der Waals surface area contributed by atoms with Crippen LogP contribution >= 0.6 is 22.9 Å². The first-order chi connectivity index (χ1) is 12.5. The van der Waals surface area contributed by atoms with Crippen molar-refractivity contribution in [3.05, 3.63) is 51.1 Å². The maximum Gasteiger partial charge on any atom is 0.269 e. The molecule has 136 valence electrons. The lowest BCUT2D eigenvalue weighted by Crippen LogP contribution is -2.33. The molecule has 0 radical (unpaired) electrons. The van der Waals surface area contributed by atoms with Gasteiger partial charge in [-0.3, -0.25) is 4.79 Å². The van der Waals surface area contributed by atoms with Crippen molar-refractivity contribution in [2.45, 2.75) is 12.6 Å². The van der Waals surface area contributed by atoms with Crippen molar-refractivity contribution in [3.63, 3.8) is 0 Å². The summed E-state index contributed by atoms with van der Waals surface area (Å²) in [4.78, 5) is 23.9. The van der Waals surface area contributed by atoms with Crippen LogP contribution in [0, 0.1) is 0 Å². The highest BCUT2D eigenvalue weighted by Gasteiger charge is 2.21. The number of rotatable bonds is 6. The fourth-order valence-corrected chi connectivity index (χ4v) is 3.27. The molecule has 26 heavy (non-hydrogen) atoms. The van der Waals surface area contributed by atoms with E-state index in [0.717, 1.165) is 16.9 Å². The van der Waals surface area contributed by atoms with E-state index in [4.69, 9.17) is 22.4 Å². The maximum atomic E-state index is 12.5. The highest BCUT2D eigenvalue weighted by Crippen LogP contribution is 2.28. The smallest absolute Gasteiger partial charge is 0.269 e. The minimum Gasteiger partial charge on any atom is -0.492 e. The van der Waals surface area contributed by atoms with Crippen LogP contribution in [-0.4, -0.2) is 37.6 Å². The van der Waals surface area contributed by atoms with Gasteiger partial charge in [-0.05, 0) is 24.3 Å². The number of imidazole rings is 1. The highest BCUT2D eigenvalue weighted by atomic mass is 35.5. The average molecular weight is 394 g/mol. The number of nitrogens with zero attached hydrogens (tertiary/aromatic N) is 2. The van der Waals surface area contributed by atoms with Crippen LogP contribution in [0.1, 0.15) is 26.4 Å². The van der Waals surface area contributed by atoms with E-state index in [1.165, 1.54) is 6.20 Å². The van der Waals surface area contributed by atoms with Crippen LogP contribution < -0.4 is 11.1 Å². The monoisotopic (exact) mass is 393 g/mol. The molecule has 3 aromatic rings. The van der Waals surface area contributed by atoms with Crippen LogP contribution in [0.5, 0.6) is 5.88 Å². The molecule has 10 heteroatoms. The first-order valence-corrected chi connectivity index (χ1v) is 8.82. The normalized spacial score (nSPS) is 12.1. The van der Waals surface area contributed by atoms with Gasteiger partial charge in [-0.25, -0.2) is 9.97 Å². The lowest BCUT2D eigenvalue weighted by molar-refractivity contribution is 0.0933. The zero-order chi connectivity index (χ0) is 18.7. The summed E-state index contributed by atoms with van der Waals surface area (Å²) in [7, 11) is 0. The van der Waals surface area contributed by atoms with Gasteiger partial charge in [0.2, 0.25) is 5.88 Å². The van der Waals surface area contributed by atoms with Gasteiger partial charge in [-0.2, -0.15) is 0 Å². The van der Waals surface area contributed by atoms with Crippen LogP contribution in [0.25, 0.3) is 11.4 Å². The molecule has 0 aliphatic heterocycles. The van der Waals surface area contributed by atoms with Gasteiger partial charge in [0.25, 0.3) is 5.91 Å². The summed E-state index contributed by atoms with van der Waals surface area (Å²) in [6.45, 7) is -0.249. The molecule has 2 heterocycles. The Morgan fingerprint density at radius 3 is 2.73 bits per heavy atom. The van der Waals surface area contributed by atoms with Gasteiger partial charge >= 0.3 is 0 Å². The third kappa shape index (κ3) is 3.86. The molecule has 0 bridgehead atoms. The number of hydrogen-bond donors (Lipinski definition) is 5. The van der Waals surface area contributed by atoms with Crippen LogP contribution in [0.3, 0.4) is 0 Å². The minimum atomic E-state index is -0.596. The van der Waals surface area contributed by atoms with Crippen molar-refractivity contribution in [2.24, 2.45) is 5.73 Å². The van der Waals surface area contributed by atoms with Gasteiger partial charge in [-0.1, -0.05) is 11.6 Å². The molecule has 0 saturated heterocycles. The number of carbonyl (C=O) groups excluding carboxylic acids is 1. The van der Waals surface area contributed by atoms with E-state index >= 15 is 0 Å². The third-order valence-electron chi connectivity index (χ3n) is 3.61. The van der Waals surface area contributed by atoms with Crippen LogP contribution in [0.15, 0.2) is 30.5 Å². The number of aromatic amines is 1. The summed E-state index contributed by atoms with van der Waals surface area (Å²) in [6, 6.07) is 6.45. The number of nitrogens with two attached hydrogens (primary N) is 1. The zero-order valence-corrected chi connectivity index (χ0v) is 15.0. The largest absolute Gasteiger partial charge is 0.492 e. The predicted octanol–water partition coefficient (Wildman–Crippen LogP) is 1.81. The number of amides is 1. The number of H-pyrrole nitrogens is 1. The topological polar surface area (TPSA) is 137 Å². The number of aromatic nitrogens is 3. The van der Waals surface area contributed by atoms with Crippen molar-refractivity contribution in [2.75, 3.05) is 6.54 Å². The van der Waals surface area contributed by atoms with Gasteiger partial charge in [0, 0.05) is 17.1 Å². The number of aliphatic hydroxyl groups is 1. The summed E-state index contributed by atoms with van der Waals surface area (Å²) >= 11 is 6.95. The van der Waals surface area contributed by atoms with E-state index in [0.29, 0.717) is 20.7 Å². The molecule has 1 aromatic carbocycles. The van der Waals surface area contributed by atoms with Crippen molar-refractivity contribution < 1.29 is 15.0 Å². The van der Waals surface area contributed by atoms with E-state index in [-0.39, 0.29) is 24.7 Å². The van der Waals surface area contributed by atoms with Gasteiger partial charge in [0.1, 0.15) is 16.5 Å². The fourth-order valence-electron chi connectivity index (χ4n) is 2.26. The molecule has 0 fully saturated rings. The summed E-state index contributed by atoms with van der Waals surface area (Å²) < 4.78 is 0. The minimum absolute atomic E-state index is 0.0851. The number of aromatic hydroxyl groups is 1. The molecule has 8 nitrogen and oxygen atoms in total. The van der Waals surface area contributed by atoms with Crippen LogP contribution in [0.4, 0.5) is 0 Å². The second-order valence-electron chi connectivity index (χ2n) is 5.37. The van der Waals surface area contributed by atoms with E-state index in [1.807, 2.05) is 0 Å². The van der Waals surface area contributed by atoms with E-state index in [9.17, 15) is 9.90 Å². The Hall–Kier alpha value is -2.46. The van der Waals surface area contributed by atoms with E-state index in [2.05, 4.69) is 20.3 Å². The maximum absolute atomic E-state index is 12.5. The van der Waals surface area contributed by atoms with Crippen molar-refractivity contribution in [1.82, 2.24) is 20.3 Å². The van der Waals surface area contributed by atoms with Crippen molar-refractivity contribution in [3.8, 4) is 17.3 Å². The molecule has 1 amide bonds. The number of carbonyl (C=O) groups is 1. The number of halogens is 1. The third-order valence-corrected chi connectivity index (χ3v) is 5.01. The summed E-state index contributed by atoms with van der Waals surface area (Å²) in [6.07, 6.45) is 1.42. The molecular formula is C16H16ClN5O3S.